The maximum atomic E-state index is 3.68. The lowest BCUT2D eigenvalue weighted by molar-refractivity contribution is 0.586. The van der Waals surface area contributed by atoms with Gasteiger partial charge in [0.15, 0.2) is 0 Å². The molecule has 108 valence electrons. The zero-order chi connectivity index (χ0) is 13.9. The fourth-order valence-electron chi connectivity index (χ4n) is 2.57. The highest BCUT2D eigenvalue weighted by Crippen LogP contribution is 2.16. The number of anilines is 1. The maximum absolute atomic E-state index is 3.68. The molecule has 0 heterocycles. The molecule has 1 aromatic rings. The number of hydrogen-bond acceptors (Lipinski definition) is 1. The summed E-state index contributed by atoms with van der Waals surface area (Å²) in [6.45, 7) is 6.79. The van der Waals surface area contributed by atoms with Crippen LogP contribution in [0, 0.1) is 0 Å². The fourth-order valence-corrected chi connectivity index (χ4v) is 2.57. The van der Waals surface area contributed by atoms with Crippen LogP contribution in [-0.4, -0.2) is 6.04 Å². The number of nitrogens with one attached hydrogen (secondary N) is 1. The van der Waals surface area contributed by atoms with Gasteiger partial charge in [0.25, 0.3) is 0 Å². The third-order valence-electron chi connectivity index (χ3n) is 3.67. The van der Waals surface area contributed by atoms with Crippen LogP contribution in [0.25, 0.3) is 0 Å². The van der Waals surface area contributed by atoms with Gasteiger partial charge in [0, 0.05) is 11.7 Å². The van der Waals surface area contributed by atoms with Gasteiger partial charge in [-0.05, 0) is 43.4 Å². The van der Waals surface area contributed by atoms with Crippen molar-refractivity contribution in [3.8, 4) is 0 Å². The van der Waals surface area contributed by atoms with E-state index in [2.05, 4.69) is 50.4 Å². The SMILES string of the molecule is CCCCCc1ccc(NC(CCC)CCC)cc1. The zero-order valence-electron chi connectivity index (χ0n) is 13.0. The molecule has 0 radical (unpaired) electrons. The molecule has 0 fully saturated rings. The first-order valence-corrected chi connectivity index (χ1v) is 8.15. The fraction of sp³-hybridized carbons (Fsp3) is 0.667. The van der Waals surface area contributed by atoms with Gasteiger partial charge in [-0.3, -0.25) is 0 Å². The predicted octanol–water partition coefficient (Wildman–Crippen LogP) is 5.80. The van der Waals surface area contributed by atoms with Crippen molar-refractivity contribution in [3.63, 3.8) is 0 Å². The van der Waals surface area contributed by atoms with Crippen LogP contribution in [0.5, 0.6) is 0 Å². The first-order chi connectivity index (χ1) is 9.30. The number of unbranched alkanes of at least 4 members (excludes halogenated alkanes) is 2. The minimum absolute atomic E-state index is 0.640. The summed E-state index contributed by atoms with van der Waals surface area (Å²) < 4.78 is 0. The molecule has 0 unspecified atom stereocenters. The number of hydrogen-bond donors (Lipinski definition) is 1. The van der Waals surface area contributed by atoms with Gasteiger partial charge in [0.05, 0.1) is 0 Å². The van der Waals surface area contributed by atoms with E-state index in [1.807, 2.05) is 0 Å². The summed E-state index contributed by atoms with van der Waals surface area (Å²) >= 11 is 0. The minimum Gasteiger partial charge on any atom is -0.382 e. The molecule has 0 aliphatic carbocycles. The summed E-state index contributed by atoms with van der Waals surface area (Å²) in [6.07, 6.45) is 10.2. The molecule has 1 heteroatoms. The number of benzene rings is 1. The molecule has 0 spiro atoms. The summed E-state index contributed by atoms with van der Waals surface area (Å²) in [5.41, 5.74) is 2.76. The standard InChI is InChI=1S/C18H31N/c1-4-7-8-11-16-12-14-18(15-13-16)19-17(9-5-2)10-6-3/h12-15,17,19H,4-11H2,1-3H3. The molecule has 0 saturated heterocycles. The molecule has 0 bridgehead atoms. The Labute approximate surface area is 119 Å². The van der Waals surface area contributed by atoms with Gasteiger partial charge in [0.1, 0.15) is 0 Å². The van der Waals surface area contributed by atoms with Crippen molar-refractivity contribution in [1.82, 2.24) is 0 Å². The van der Waals surface area contributed by atoms with Gasteiger partial charge < -0.3 is 5.32 Å². The normalized spacial score (nSPS) is 10.9. The Bertz CT molecular complexity index is 309. The third-order valence-corrected chi connectivity index (χ3v) is 3.67. The van der Waals surface area contributed by atoms with Crippen molar-refractivity contribution in [3.05, 3.63) is 29.8 Å². The van der Waals surface area contributed by atoms with E-state index in [0.717, 1.165) is 0 Å². The lowest BCUT2D eigenvalue weighted by atomic mass is 10.0. The Kier molecular flexibility index (Phi) is 8.36. The number of aryl methyl sites for hydroxylation is 1. The predicted molar refractivity (Wildman–Crippen MR) is 86.9 cm³/mol. The van der Waals surface area contributed by atoms with Crippen LogP contribution in [0.15, 0.2) is 24.3 Å². The molecule has 1 rings (SSSR count). The van der Waals surface area contributed by atoms with Gasteiger partial charge >= 0.3 is 0 Å². The van der Waals surface area contributed by atoms with Gasteiger partial charge in [-0.2, -0.15) is 0 Å². The largest absolute Gasteiger partial charge is 0.382 e. The Morgan fingerprint density at radius 3 is 2.00 bits per heavy atom. The molecule has 0 aromatic heterocycles. The van der Waals surface area contributed by atoms with E-state index in [1.165, 1.54) is 62.6 Å². The van der Waals surface area contributed by atoms with Gasteiger partial charge in [-0.15, -0.1) is 0 Å². The van der Waals surface area contributed by atoms with Crippen molar-refractivity contribution in [2.24, 2.45) is 0 Å². The second kappa shape index (κ2) is 9.89. The zero-order valence-corrected chi connectivity index (χ0v) is 13.0. The molecular weight excluding hydrogens is 230 g/mol. The van der Waals surface area contributed by atoms with Crippen molar-refractivity contribution < 1.29 is 0 Å². The molecule has 0 saturated carbocycles. The second-order valence-electron chi connectivity index (χ2n) is 5.57. The van der Waals surface area contributed by atoms with Crippen LogP contribution in [-0.2, 0) is 6.42 Å². The maximum Gasteiger partial charge on any atom is 0.0342 e. The van der Waals surface area contributed by atoms with E-state index < -0.39 is 0 Å². The first kappa shape index (κ1) is 16.1. The first-order valence-electron chi connectivity index (χ1n) is 8.15. The van der Waals surface area contributed by atoms with Crippen LogP contribution < -0.4 is 5.32 Å². The van der Waals surface area contributed by atoms with Gasteiger partial charge in [-0.25, -0.2) is 0 Å². The Morgan fingerprint density at radius 1 is 0.842 bits per heavy atom. The average molecular weight is 261 g/mol. The van der Waals surface area contributed by atoms with Crippen molar-refractivity contribution in [1.29, 1.82) is 0 Å². The Balaban J connectivity index is 2.45. The summed E-state index contributed by atoms with van der Waals surface area (Å²) in [4.78, 5) is 0. The summed E-state index contributed by atoms with van der Waals surface area (Å²) in [5.74, 6) is 0. The topological polar surface area (TPSA) is 12.0 Å². The molecule has 0 aliphatic heterocycles. The average Bonchev–Trinajstić information content (AvgIpc) is 2.42. The highest BCUT2D eigenvalue weighted by Gasteiger charge is 2.06. The van der Waals surface area contributed by atoms with Crippen LogP contribution in [0.1, 0.15) is 71.3 Å². The molecule has 19 heavy (non-hydrogen) atoms. The number of rotatable bonds is 10. The molecule has 0 aliphatic rings. The van der Waals surface area contributed by atoms with Crippen molar-refractivity contribution in [2.75, 3.05) is 5.32 Å². The molecule has 1 N–H and O–H groups in total. The van der Waals surface area contributed by atoms with Crippen LogP contribution in [0.4, 0.5) is 5.69 Å². The van der Waals surface area contributed by atoms with Crippen molar-refractivity contribution in [2.45, 2.75) is 78.2 Å². The van der Waals surface area contributed by atoms with E-state index in [1.54, 1.807) is 0 Å². The molecule has 0 amide bonds. The van der Waals surface area contributed by atoms with E-state index >= 15 is 0 Å². The Hall–Kier alpha value is -0.980. The van der Waals surface area contributed by atoms with Crippen LogP contribution >= 0.6 is 0 Å². The Morgan fingerprint density at radius 2 is 1.47 bits per heavy atom. The minimum atomic E-state index is 0.640. The molecule has 0 atom stereocenters. The molecule has 1 nitrogen and oxygen atoms in total. The van der Waals surface area contributed by atoms with E-state index in [9.17, 15) is 0 Å². The van der Waals surface area contributed by atoms with E-state index in [0.29, 0.717) is 6.04 Å². The highest BCUT2D eigenvalue weighted by atomic mass is 14.9. The summed E-state index contributed by atoms with van der Waals surface area (Å²) in [5, 5.41) is 3.68. The highest BCUT2D eigenvalue weighted by molar-refractivity contribution is 5.45. The van der Waals surface area contributed by atoms with Crippen molar-refractivity contribution >= 4 is 5.69 Å². The van der Waals surface area contributed by atoms with Gasteiger partial charge in [-0.1, -0.05) is 58.6 Å². The lowest BCUT2D eigenvalue weighted by Crippen LogP contribution is -2.18. The lowest BCUT2D eigenvalue weighted by Gasteiger charge is -2.19. The smallest absolute Gasteiger partial charge is 0.0342 e. The molecule has 1 aromatic carbocycles. The van der Waals surface area contributed by atoms with E-state index in [4.69, 9.17) is 0 Å². The van der Waals surface area contributed by atoms with Crippen LogP contribution in [0.2, 0.25) is 0 Å². The monoisotopic (exact) mass is 261 g/mol. The quantitative estimate of drug-likeness (QED) is 0.525. The van der Waals surface area contributed by atoms with Gasteiger partial charge in [0.2, 0.25) is 0 Å². The summed E-state index contributed by atoms with van der Waals surface area (Å²) in [7, 11) is 0. The van der Waals surface area contributed by atoms with E-state index in [-0.39, 0.29) is 0 Å². The third kappa shape index (κ3) is 6.66. The van der Waals surface area contributed by atoms with Crippen LogP contribution in [0.3, 0.4) is 0 Å². The summed E-state index contributed by atoms with van der Waals surface area (Å²) in [6, 6.07) is 9.71. The molecular formula is C18H31N. The second-order valence-corrected chi connectivity index (χ2v) is 5.57.